The first kappa shape index (κ1) is 6.84. The number of rotatable bonds is 1. The second kappa shape index (κ2) is 2.34. The number of aldehydes is 1. The minimum absolute atomic E-state index is 0.520. The molecule has 0 unspecified atom stereocenters. The van der Waals surface area contributed by atoms with Gasteiger partial charge in [-0.3, -0.25) is 4.79 Å². The van der Waals surface area contributed by atoms with Gasteiger partial charge in [0.05, 0.1) is 17.4 Å². The summed E-state index contributed by atoms with van der Waals surface area (Å²) in [5.74, 6) is 0. The summed E-state index contributed by atoms with van der Waals surface area (Å²) in [5.41, 5.74) is 8.09. The van der Waals surface area contributed by atoms with Gasteiger partial charge in [-0.25, -0.2) is 4.98 Å². The third kappa shape index (κ3) is 0.852. The van der Waals surface area contributed by atoms with Crippen molar-refractivity contribution < 1.29 is 4.79 Å². The molecule has 1 aromatic carbocycles. The van der Waals surface area contributed by atoms with Crippen LogP contribution < -0.4 is 5.73 Å². The predicted molar refractivity (Wildman–Crippen MR) is 45.9 cm³/mol. The lowest BCUT2D eigenvalue weighted by molar-refractivity contribution is 0.112. The van der Waals surface area contributed by atoms with Crippen molar-refractivity contribution in [3.63, 3.8) is 0 Å². The van der Waals surface area contributed by atoms with E-state index in [1.165, 1.54) is 6.33 Å². The predicted octanol–water partition coefficient (Wildman–Crippen LogP) is 0.958. The first-order valence-corrected chi connectivity index (χ1v) is 3.49. The summed E-state index contributed by atoms with van der Waals surface area (Å²) in [6.07, 6.45) is 2.29. The Kier molecular flexibility index (Phi) is 1.33. The molecule has 0 fully saturated rings. The molecule has 0 bridgehead atoms. The third-order valence-electron chi connectivity index (χ3n) is 1.70. The second-order valence-corrected chi connectivity index (χ2v) is 2.53. The maximum Gasteiger partial charge on any atom is 0.152 e. The Labute approximate surface area is 68.4 Å². The number of H-pyrrole nitrogens is 1. The number of fused-ring (bicyclic) bond motifs is 1. The van der Waals surface area contributed by atoms with Crippen LogP contribution in [-0.4, -0.2) is 16.3 Å². The third-order valence-corrected chi connectivity index (χ3v) is 1.70. The van der Waals surface area contributed by atoms with Crippen molar-refractivity contribution in [1.29, 1.82) is 0 Å². The Morgan fingerprint density at radius 1 is 1.50 bits per heavy atom. The fourth-order valence-corrected chi connectivity index (χ4v) is 1.19. The van der Waals surface area contributed by atoms with E-state index in [4.69, 9.17) is 5.73 Å². The minimum atomic E-state index is 0.520. The lowest BCUT2D eigenvalue weighted by atomic mass is 10.2. The Balaban J connectivity index is 2.88. The van der Waals surface area contributed by atoms with Crippen LogP contribution in [0.4, 0.5) is 5.69 Å². The highest BCUT2D eigenvalue weighted by molar-refractivity contribution is 5.96. The molecular weight excluding hydrogens is 154 g/mol. The number of nitrogens with zero attached hydrogens (tertiary/aromatic N) is 1. The lowest BCUT2D eigenvalue weighted by Gasteiger charge is -1.95. The minimum Gasteiger partial charge on any atom is -0.399 e. The molecule has 2 aromatic rings. The van der Waals surface area contributed by atoms with E-state index in [1.807, 2.05) is 0 Å². The summed E-state index contributed by atoms with van der Waals surface area (Å²) in [5, 5.41) is 0. The average Bonchev–Trinajstić information content (AvgIpc) is 2.50. The first-order valence-electron chi connectivity index (χ1n) is 3.49. The molecule has 12 heavy (non-hydrogen) atoms. The van der Waals surface area contributed by atoms with Gasteiger partial charge >= 0.3 is 0 Å². The molecule has 0 spiro atoms. The Hall–Kier alpha value is -1.84. The molecule has 0 aliphatic rings. The van der Waals surface area contributed by atoms with Gasteiger partial charge in [0.1, 0.15) is 0 Å². The molecule has 0 amide bonds. The second-order valence-electron chi connectivity index (χ2n) is 2.53. The van der Waals surface area contributed by atoms with Gasteiger partial charge in [-0.15, -0.1) is 0 Å². The van der Waals surface area contributed by atoms with Gasteiger partial charge in [0.2, 0.25) is 0 Å². The van der Waals surface area contributed by atoms with Crippen molar-refractivity contribution in [2.24, 2.45) is 0 Å². The summed E-state index contributed by atoms with van der Waals surface area (Å²) < 4.78 is 0. The van der Waals surface area contributed by atoms with Gasteiger partial charge in [0, 0.05) is 11.3 Å². The van der Waals surface area contributed by atoms with Crippen LogP contribution >= 0.6 is 0 Å². The molecule has 1 heterocycles. The zero-order chi connectivity index (χ0) is 8.55. The number of nitrogen functional groups attached to an aromatic ring is 1. The number of nitrogens with two attached hydrogens (primary N) is 1. The van der Waals surface area contributed by atoms with Crippen LogP contribution in [0.1, 0.15) is 10.4 Å². The van der Waals surface area contributed by atoms with Gasteiger partial charge in [0.25, 0.3) is 0 Å². The van der Waals surface area contributed by atoms with E-state index in [-0.39, 0.29) is 0 Å². The monoisotopic (exact) mass is 161 g/mol. The van der Waals surface area contributed by atoms with Crippen molar-refractivity contribution in [1.82, 2.24) is 9.97 Å². The summed E-state index contributed by atoms with van der Waals surface area (Å²) in [6.45, 7) is 0. The number of benzene rings is 1. The summed E-state index contributed by atoms with van der Waals surface area (Å²) in [4.78, 5) is 17.4. The normalized spacial score (nSPS) is 10.3. The molecule has 0 saturated heterocycles. The van der Waals surface area contributed by atoms with Gasteiger partial charge in [-0.05, 0) is 12.1 Å². The molecule has 0 saturated carbocycles. The number of aromatic nitrogens is 2. The number of hydrogen-bond donors (Lipinski definition) is 2. The van der Waals surface area contributed by atoms with Crippen molar-refractivity contribution in [2.75, 3.05) is 5.73 Å². The Morgan fingerprint density at radius 3 is 3.08 bits per heavy atom. The van der Waals surface area contributed by atoms with E-state index in [0.717, 1.165) is 11.8 Å². The molecule has 0 aliphatic carbocycles. The maximum atomic E-state index is 10.6. The number of nitrogens with one attached hydrogen (secondary N) is 1. The Morgan fingerprint density at radius 2 is 2.33 bits per heavy atom. The number of imidazole rings is 1. The number of carbonyl (C=O) groups is 1. The van der Waals surface area contributed by atoms with E-state index < -0.39 is 0 Å². The molecule has 0 atom stereocenters. The van der Waals surface area contributed by atoms with Gasteiger partial charge < -0.3 is 10.7 Å². The van der Waals surface area contributed by atoms with Gasteiger partial charge in [0.15, 0.2) is 6.29 Å². The lowest BCUT2D eigenvalue weighted by Crippen LogP contribution is -1.89. The zero-order valence-electron chi connectivity index (χ0n) is 6.24. The number of aromatic amines is 1. The van der Waals surface area contributed by atoms with Crippen LogP contribution in [0.2, 0.25) is 0 Å². The standard InChI is InChI=1S/C8H7N3O/c9-6-1-5(3-12)8-7(2-6)10-4-11-8/h1-4H,9H2,(H,10,11). The van der Waals surface area contributed by atoms with Crippen LogP contribution in [0.3, 0.4) is 0 Å². The molecular formula is C8H7N3O. The summed E-state index contributed by atoms with van der Waals surface area (Å²) in [7, 11) is 0. The quantitative estimate of drug-likeness (QED) is 0.483. The molecule has 3 N–H and O–H groups in total. The van der Waals surface area contributed by atoms with Gasteiger partial charge in [-0.2, -0.15) is 0 Å². The average molecular weight is 161 g/mol. The van der Waals surface area contributed by atoms with E-state index in [1.54, 1.807) is 12.1 Å². The molecule has 0 radical (unpaired) electrons. The molecule has 4 heteroatoms. The van der Waals surface area contributed by atoms with Crippen LogP contribution in [0.15, 0.2) is 18.5 Å². The number of carbonyl (C=O) groups excluding carboxylic acids is 1. The van der Waals surface area contributed by atoms with Crippen LogP contribution in [0.25, 0.3) is 11.0 Å². The van der Waals surface area contributed by atoms with E-state index in [9.17, 15) is 4.79 Å². The zero-order valence-corrected chi connectivity index (χ0v) is 6.24. The number of hydrogen-bond acceptors (Lipinski definition) is 3. The first-order chi connectivity index (χ1) is 5.81. The van der Waals surface area contributed by atoms with Crippen molar-refractivity contribution >= 4 is 23.0 Å². The number of anilines is 1. The maximum absolute atomic E-state index is 10.6. The summed E-state index contributed by atoms with van der Waals surface area (Å²) in [6, 6.07) is 3.35. The Bertz CT molecular complexity index is 433. The van der Waals surface area contributed by atoms with Crippen molar-refractivity contribution in [2.45, 2.75) is 0 Å². The van der Waals surface area contributed by atoms with E-state index in [0.29, 0.717) is 16.8 Å². The van der Waals surface area contributed by atoms with Gasteiger partial charge in [-0.1, -0.05) is 0 Å². The van der Waals surface area contributed by atoms with Crippen LogP contribution in [-0.2, 0) is 0 Å². The van der Waals surface area contributed by atoms with Crippen LogP contribution in [0, 0.1) is 0 Å². The molecule has 1 aromatic heterocycles. The smallest absolute Gasteiger partial charge is 0.152 e. The molecule has 60 valence electrons. The van der Waals surface area contributed by atoms with E-state index in [2.05, 4.69) is 9.97 Å². The van der Waals surface area contributed by atoms with E-state index >= 15 is 0 Å². The molecule has 4 nitrogen and oxygen atoms in total. The summed E-state index contributed by atoms with van der Waals surface area (Å²) >= 11 is 0. The molecule has 0 aliphatic heterocycles. The topological polar surface area (TPSA) is 71.8 Å². The molecule has 2 rings (SSSR count). The fourth-order valence-electron chi connectivity index (χ4n) is 1.19. The highest BCUT2D eigenvalue weighted by Gasteiger charge is 2.03. The van der Waals surface area contributed by atoms with Crippen molar-refractivity contribution in [3.05, 3.63) is 24.0 Å². The highest BCUT2D eigenvalue weighted by Crippen LogP contribution is 2.17. The van der Waals surface area contributed by atoms with Crippen LogP contribution in [0.5, 0.6) is 0 Å². The fraction of sp³-hybridized carbons (Fsp3) is 0. The van der Waals surface area contributed by atoms with Crippen molar-refractivity contribution in [3.8, 4) is 0 Å². The highest BCUT2D eigenvalue weighted by atomic mass is 16.1. The largest absolute Gasteiger partial charge is 0.399 e. The SMILES string of the molecule is Nc1cc(C=O)c2nc[nH]c2c1.